The Labute approximate surface area is 151 Å². The smallest absolute Gasteiger partial charge is 0.310 e. The largest absolute Gasteiger partial charge is 0.481 e. The van der Waals surface area contributed by atoms with Crippen LogP contribution in [0, 0.1) is 5.41 Å². The summed E-state index contributed by atoms with van der Waals surface area (Å²) in [5.74, 6) is -0.643. The SMILES string of the molecule is CC(=O)c1cc2c(cc1NC(=O)CC1(C(=O)O)CCCCCC1)OCO2. The van der Waals surface area contributed by atoms with E-state index < -0.39 is 17.3 Å². The third-order valence-electron chi connectivity index (χ3n) is 5.18. The van der Waals surface area contributed by atoms with Crippen LogP contribution in [0.1, 0.15) is 62.2 Å². The number of rotatable bonds is 5. The lowest BCUT2D eigenvalue weighted by molar-refractivity contribution is -0.152. The van der Waals surface area contributed by atoms with Crippen molar-refractivity contribution in [3.8, 4) is 11.5 Å². The zero-order chi connectivity index (χ0) is 18.7. The molecule has 1 amide bonds. The van der Waals surface area contributed by atoms with Crippen LogP contribution in [0.2, 0.25) is 0 Å². The van der Waals surface area contributed by atoms with Crippen LogP contribution < -0.4 is 14.8 Å². The van der Waals surface area contributed by atoms with Crippen LogP contribution in [0.3, 0.4) is 0 Å². The quantitative estimate of drug-likeness (QED) is 0.616. The summed E-state index contributed by atoms with van der Waals surface area (Å²) in [6.07, 6.45) is 4.49. The molecule has 0 bridgehead atoms. The predicted molar refractivity (Wildman–Crippen MR) is 93.6 cm³/mol. The molecule has 140 valence electrons. The van der Waals surface area contributed by atoms with E-state index in [0.29, 0.717) is 35.6 Å². The van der Waals surface area contributed by atoms with Crippen LogP contribution in [-0.4, -0.2) is 29.6 Å². The van der Waals surface area contributed by atoms with Gasteiger partial charge >= 0.3 is 5.97 Å². The molecule has 0 unspecified atom stereocenters. The second-order valence-corrected chi connectivity index (χ2v) is 7.03. The summed E-state index contributed by atoms with van der Waals surface area (Å²) in [4.78, 5) is 36.4. The van der Waals surface area contributed by atoms with Gasteiger partial charge in [0, 0.05) is 18.1 Å². The van der Waals surface area contributed by atoms with Crippen molar-refractivity contribution in [2.75, 3.05) is 12.1 Å². The number of carbonyl (C=O) groups is 3. The maximum atomic E-state index is 12.6. The number of benzene rings is 1. The number of hydrogen-bond donors (Lipinski definition) is 2. The standard InChI is InChI=1S/C19H23NO6/c1-12(21)13-8-15-16(26-11-25-15)9-14(13)20-17(22)10-19(18(23)24)6-4-2-3-5-7-19/h8-9H,2-7,10-11H2,1H3,(H,20,22)(H,23,24). The Balaban J connectivity index is 1.81. The van der Waals surface area contributed by atoms with Gasteiger partial charge < -0.3 is 19.9 Å². The van der Waals surface area contributed by atoms with Crippen LogP contribution in [0.25, 0.3) is 0 Å². The van der Waals surface area contributed by atoms with Gasteiger partial charge in [0.2, 0.25) is 12.7 Å². The van der Waals surface area contributed by atoms with E-state index >= 15 is 0 Å². The highest BCUT2D eigenvalue weighted by molar-refractivity contribution is 6.05. The fourth-order valence-corrected chi connectivity index (χ4v) is 3.71. The topological polar surface area (TPSA) is 102 Å². The van der Waals surface area contributed by atoms with E-state index in [2.05, 4.69) is 5.32 Å². The van der Waals surface area contributed by atoms with Crippen molar-refractivity contribution in [1.82, 2.24) is 0 Å². The number of hydrogen-bond acceptors (Lipinski definition) is 5. The highest BCUT2D eigenvalue weighted by atomic mass is 16.7. The van der Waals surface area contributed by atoms with Crippen molar-refractivity contribution in [1.29, 1.82) is 0 Å². The molecule has 0 atom stereocenters. The van der Waals surface area contributed by atoms with E-state index in [-0.39, 0.29) is 19.0 Å². The van der Waals surface area contributed by atoms with E-state index in [9.17, 15) is 19.5 Å². The van der Waals surface area contributed by atoms with Gasteiger partial charge in [-0.05, 0) is 25.8 Å². The van der Waals surface area contributed by atoms with Gasteiger partial charge in [0.1, 0.15) is 0 Å². The van der Waals surface area contributed by atoms with Crippen molar-refractivity contribution < 1.29 is 29.0 Å². The van der Waals surface area contributed by atoms with Gasteiger partial charge in [-0.3, -0.25) is 14.4 Å². The van der Waals surface area contributed by atoms with Gasteiger partial charge in [-0.25, -0.2) is 0 Å². The lowest BCUT2D eigenvalue weighted by Gasteiger charge is -2.27. The minimum atomic E-state index is -1.03. The maximum absolute atomic E-state index is 12.6. The number of aliphatic carboxylic acids is 1. The summed E-state index contributed by atoms with van der Waals surface area (Å²) >= 11 is 0. The number of fused-ring (bicyclic) bond motifs is 1. The average Bonchev–Trinajstić information content (AvgIpc) is 2.90. The summed E-state index contributed by atoms with van der Waals surface area (Å²) in [5.41, 5.74) is -0.401. The zero-order valence-corrected chi connectivity index (χ0v) is 14.8. The Morgan fingerprint density at radius 1 is 1.08 bits per heavy atom. The Morgan fingerprint density at radius 3 is 2.27 bits per heavy atom. The summed E-state index contributed by atoms with van der Waals surface area (Å²) in [5, 5.41) is 12.4. The summed E-state index contributed by atoms with van der Waals surface area (Å²) < 4.78 is 10.6. The number of carbonyl (C=O) groups excluding carboxylic acids is 2. The summed E-state index contributed by atoms with van der Waals surface area (Å²) in [6.45, 7) is 1.46. The molecule has 26 heavy (non-hydrogen) atoms. The summed E-state index contributed by atoms with van der Waals surface area (Å²) in [7, 11) is 0. The first-order valence-corrected chi connectivity index (χ1v) is 8.89. The third-order valence-corrected chi connectivity index (χ3v) is 5.18. The van der Waals surface area contributed by atoms with Crippen molar-refractivity contribution in [2.24, 2.45) is 5.41 Å². The molecule has 1 aromatic carbocycles. The van der Waals surface area contributed by atoms with Crippen molar-refractivity contribution in [2.45, 2.75) is 51.9 Å². The molecule has 2 aliphatic rings. The molecule has 0 aromatic heterocycles. The minimum Gasteiger partial charge on any atom is -0.481 e. The Kier molecular flexibility index (Phi) is 5.15. The van der Waals surface area contributed by atoms with Gasteiger partial charge in [-0.2, -0.15) is 0 Å². The van der Waals surface area contributed by atoms with Crippen molar-refractivity contribution >= 4 is 23.3 Å². The highest BCUT2D eigenvalue weighted by Gasteiger charge is 2.40. The van der Waals surface area contributed by atoms with E-state index in [0.717, 1.165) is 25.7 Å². The molecule has 7 nitrogen and oxygen atoms in total. The zero-order valence-electron chi connectivity index (χ0n) is 14.8. The molecule has 0 spiro atoms. The van der Waals surface area contributed by atoms with Crippen molar-refractivity contribution in [3.05, 3.63) is 17.7 Å². The first-order valence-electron chi connectivity index (χ1n) is 8.89. The number of nitrogens with one attached hydrogen (secondary N) is 1. The molecule has 1 fully saturated rings. The first-order chi connectivity index (χ1) is 12.4. The maximum Gasteiger partial charge on any atom is 0.310 e. The molecule has 1 aliphatic carbocycles. The van der Waals surface area contributed by atoms with E-state index in [1.54, 1.807) is 12.1 Å². The molecule has 1 heterocycles. The van der Waals surface area contributed by atoms with Gasteiger partial charge in [-0.1, -0.05) is 25.7 Å². The number of carboxylic acids is 1. The lowest BCUT2D eigenvalue weighted by atomic mass is 9.77. The highest BCUT2D eigenvalue weighted by Crippen LogP contribution is 2.40. The molecule has 2 N–H and O–H groups in total. The number of ether oxygens (including phenoxy) is 2. The minimum absolute atomic E-state index is 0.0617. The molecule has 7 heteroatoms. The molecule has 1 aromatic rings. The molecular weight excluding hydrogens is 338 g/mol. The second kappa shape index (κ2) is 7.35. The molecule has 1 saturated carbocycles. The molecule has 0 saturated heterocycles. The predicted octanol–water partition coefficient (Wildman–Crippen LogP) is 3.37. The average molecular weight is 361 g/mol. The third kappa shape index (κ3) is 3.66. The fraction of sp³-hybridized carbons (Fsp3) is 0.526. The molecule has 1 aliphatic heterocycles. The number of anilines is 1. The fourth-order valence-electron chi connectivity index (χ4n) is 3.71. The van der Waals surface area contributed by atoms with Crippen molar-refractivity contribution in [3.63, 3.8) is 0 Å². The Hall–Kier alpha value is -2.57. The van der Waals surface area contributed by atoms with Crippen LogP contribution in [-0.2, 0) is 9.59 Å². The first kappa shape index (κ1) is 18.2. The van der Waals surface area contributed by atoms with Gasteiger partial charge in [0.05, 0.1) is 11.1 Å². The van der Waals surface area contributed by atoms with Gasteiger partial charge in [0.15, 0.2) is 17.3 Å². The van der Waals surface area contributed by atoms with E-state index in [1.807, 2.05) is 0 Å². The molecule has 0 radical (unpaired) electrons. The lowest BCUT2D eigenvalue weighted by Crippen LogP contribution is -2.35. The van der Waals surface area contributed by atoms with Gasteiger partial charge in [0.25, 0.3) is 0 Å². The Bertz CT molecular complexity index is 734. The van der Waals surface area contributed by atoms with Crippen LogP contribution in [0.5, 0.6) is 11.5 Å². The van der Waals surface area contributed by atoms with Gasteiger partial charge in [-0.15, -0.1) is 0 Å². The normalized spacial score (nSPS) is 18.0. The summed E-state index contributed by atoms with van der Waals surface area (Å²) in [6, 6.07) is 3.09. The molecular formula is C19H23NO6. The number of amides is 1. The monoisotopic (exact) mass is 361 g/mol. The van der Waals surface area contributed by atoms with Crippen LogP contribution in [0.15, 0.2) is 12.1 Å². The van der Waals surface area contributed by atoms with E-state index in [4.69, 9.17) is 9.47 Å². The Morgan fingerprint density at radius 2 is 1.69 bits per heavy atom. The number of ketones is 1. The second-order valence-electron chi connectivity index (χ2n) is 7.03. The van der Waals surface area contributed by atoms with E-state index in [1.165, 1.54) is 6.92 Å². The number of Topliss-reactive ketones (excluding diaryl/α,β-unsaturated/α-hetero) is 1. The molecule has 3 rings (SSSR count). The van der Waals surface area contributed by atoms with Crippen LogP contribution >= 0.6 is 0 Å². The van der Waals surface area contributed by atoms with Crippen LogP contribution in [0.4, 0.5) is 5.69 Å². The number of carboxylic acid groups (broad SMARTS) is 1.